The maximum Gasteiger partial charge on any atom is 0.0109 e. The van der Waals surface area contributed by atoms with Gasteiger partial charge in [0.05, 0.1) is 0 Å². The topological polar surface area (TPSA) is 6.48 Å². The summed E-state index contributed by atoms with van der Waals surface area (Å²) in [7, 11) is 2.23. The van der Waals surface area contributed by atoms with Crippen LogP contribution in [0.15, 0.2) is 0 Å². The van der Waals surface area contributed by atoms with E-state index in [2.05, 4.69) is 30.7 Å². The summed E-state index contributed by atoms with van der Waals surface area (Å²) < 4.78 is 0. The highest BCUT2D eigenvalue weighted by atomic mass is 15.2. The summed E-state index contributed by atoms with van der Waals surface area (Å²) in [5.74, 6) is 0.864. The van der Waals surface area contributed by atoms with Crippen LogP contribution < -0.4 is 0 Å². The molecule has 0 radical (unpaired) electrons. The smallest absolute Gasteiger partial charge is 0.0109 e. The molecule has 1 heterocycles. The van der Waals surface area contributed by atoms with E-state index in [9.17, 15) is 0 Å². The molecule has 0 amide bonds. The van der Waals surface area contributed by atoms with Gasteiger partial charge in [-0.1, -0.05) is 20.3 Å². The van der Waals surface area contributed by atoms with Crippen molar-refractivity contribution in [2.45, 2.75) is 26.7 Å². The molecule has 0 N–H and O–H groups in total. The van der Waals surface area contributed by atoms with Gasteiger partial charge in [0, 0.05) is 19.6 Å². The van der Waals surface area contributed by atoms with Crippen LogP contribution in [0.4, 0.5) is 0 Å². The van der Waals surface area contributed by atoms with Crippen LogP contribution >= 0.6 is 0 Å². The third kappa shape index (κ3) is 4.10. The predicted octanol–water partition coefficient (Wildman–Crippen LogP) is 1.67. The van der Waals surface area contributed by atoms with Gasteiger partial charge >= 0.3 is 0 Å². The number of nitrogens with zero attached hydrogens (tertiary/aromatic N) is 2. The molecule has 1 unspecified atom stereocenters. The molecule has 1 rings (SSSR count). The van der Waals surface area contributed by atoms with Crippen molar-refractivity contribution in [3.05, 3.63) is 0 Å². The summed E-state index contributed by atoms with van der Waals surface area (Å²) >= 11 is 0. The number of hydrogen-bond acceptors (Lipinski definition) is 2. The zero-order valence-electron chi connectivity index (χ0n) is 9.42. The van der Waals surface area contributed by atoms with E-state index in [0.717, 1.165) is 5.92 Å². The summed E-state index contributed by atoms with van der Waals surface area (Å²) in [6.45, 7) is 11.0. The van der Waals surface area contributed by atoms with Crippen LogP contribution in [0.5, 0.6) is 0 Å². The van der Waals surface area contributed by atoms with Crippen molar-refractivity contribution >= 4 is 0 Å². The van der Waals surface area contributed by atoms with Gasteiger partial charge in [0.2, 0.25) is 0 Å². The highest BCUT2D eigenvalue weighted by Gasteiger charge is 2.13. The second-order valence-electron chi connectivity index (χ2n) is 4.47. The minimum atomic E-state index is 0.864. The molecule has 0 aromatic rings. The van der Waals surface area contributed by atoms with Crippen LogP contribution in [0, 0.1) is 5.92 Å². The van der Waals surface area contributed by atoms with Crippen molar-refractivity contribution in [3.63, 3.8) is 0 Å². The van der Waals surface area contributed by atoms with Gasteiger partial charge in [-0.15, -0.1) is 0 Å². The van der Waals surface area contributed by atoms with Crippen LogP contribution in [0.3, 0.4) is 0 Å². The molecule has 1 aliphatic heterocycles. The highest BCUT2D eigenvalue weighted by Crippen LogP contribution is 2.07. The van der Waals surface area contributed by atoms with Crippen LogP contribution in [0.25, 0.3) is 0 Å². The minimum absolute atomic E-state index is 0.864. The first-order chi connectivity index (χ1) is 6.22. The van der Waals surface area contributed by atoms with Crippen molar-refractivity contribution in [1.82, 2.24) is 9.80 Å². The fourth-order valence-corrected chi connectivity index (χ4v) is 1.85. The van der Waals surface area contributed by atoms with Crippen LogP contribution in [0.2, 0.25) is 0 Å². The monoisotopic (exact) mass is 184 g/mol. The van der Waals surface area contributed by atoms with Gasteiger partial charge < -0.3 is 9.80 Å². The predicted molar refractivity (Wildman–Crippen MR) is 58.0 cm³/mol. The first-order valence-electron chi connectivity index (χ1n) is 5.63. The third-order valence-corrected chi connectivity index (χ3v) is 3.08. The van der Waals surface area contributed by atoms with E-state index < -0.39 is 0 Å². The fourth-order valence-electron chi connectivity index (χ4n) is 1.85. The Morgan fingerprint density at radius 3 is 2.62 bits per heavy atom. The lowest BCUT2D eigenvalue weighted by Gasteiger charge is -2.23. The molecule has 1 aliphatic rings. The fraction of sp³-hybridized carbons (Fsp3) is 1.00. The summed E-state index contributed by atoms with van der Waals surface area (Å²) in [4.78, 5) is 5.06. The molecule has 0 aromatic heterocycles. The minimum Gasteiger partial charge on any atom is -0.305 e. The van der Waals surface area contributed by atoms with Crippen molar-refractivity contribution in [2.24, 2.45) is 5.92 Å². The highest BCUT2D eigenvalue weighted by molar-refractivity contribution is 4.68. The molecule has 0 spiro atoms. The quantitative estimate of drug-likeness (QED) is 0.658. The molecule has 1 atom stereocenters. The number of rotatable bonds is 3. The zero-order valence-corrected chi connectivity index (χ0v) is 9.42. The largest absolute Gasteiger partial charge is 0.305 e. The first-order valence-corrected chi connectivity index (χ1v) is 5.63. The Kier molecular flexibility index (Phi) is 4.74. The molecule has 1 saturated heterocycles. The van der Waals surface area contributed by atoms with Gasteiger partial charge in [0.25, 0.3) is 0 Å². The number of hydrogen-bond donors (Lipinski definition) is 0. The van der Waals surface area contributed by atoms with Gasteiger partial charge in [-0.05, 0) is 32.5 Å². The van der Waals surface area contributed by atoms with Crippen molar-refractivity contribution in [2.75, 3.05) is 39.8 Å². The molecule has 0 bridgehead atoms. The molecule has 0 aromatic carbocycles. The van der Waals surface area contributed by atoms with Crippen LogP contribution in [0.1, 0.15) is 26.7 Å². The first kappa shape index (κ1) is 11.0. The van der Waals surface area contributed by atoms with E-state index in [1.54, 1.807) is 0 Å². The summed E-state index contributed by atoms with van der Waals surface area (Å²) in [5.41, 5.74) is 0. The second-order valence-corrected chi connectivity index (χ2v) is 4.47. The van der Waals surface area contributed by atoms with Crippen molar-refractivity contribution in [3.8, 4) is 0 Å². The molecule has 2 heteroatoms. The van der Waals surface area contributed by atoms with Crippen LogP contribution in [-0.4, -0.2) is 49.6 Å². The lowest BCUT2D eigenvalue weighted by atomic mass is 10.1. The lowest BCUT2D eigenvalue weighted by Crippen LogP contribution is -2.32. The summed E-state index contributed by atoms with van der Waals surface area (Å²) in [6.07, 6.45) is 2.65. The van der Waals surface area contributed by atoms with Crippen molar-refractivity contribution < 1.29 is 0 Å². The van der Waals surface area contributed by atoms with E-state index in [1.807, 2.05) is 0 Å². The molecule has 78 valence electrons. The third-order valence-electron chi connectivity index (χ3n) is 3.08. The Labute approximate surface area is 82.9 Å². The molecule has 2 nitrogen and oxygen atoms in total. The van der Waals surface area contributed by atoms with Crippen molar-refractivity contribution in [1.29, 1.82) is 0 Å². The Bertz CT molecular complexity index is 136. The average Bonchev–Trinajstić information content (AvgIpc) is 2.31. The van der Waals surface area contributed by atoms with Gasteiger partial charge in [0.15, 0.2) is 0 Å². The Hall–Kier alpha value is -0.0800. The second kappa shape index (κ2) is 5.61. The van der Waals surface area contributed by atoms with E-state index in [-0.39, 0.29) is 0 Å². The zero-order chi connectivity index (χ0) is 9.68. The molecular formula is C11H24N2. The van der Waals surface area contributed by atoms with E-state index in [4.69, 9.17) is 0 Å². The molecule has 13 heavy (non-hydrogen) atoms. The number of likely N-dealkylation sites (N-methyl/N-ethyl adjacent to an activating group) is 1. The SMILES string of the molecule is CCC(C)CN1CCCN(C)CC1. The molecular weight excluding hydrogens is 160 g/mol. The Morgan fingerprint density at radius 2 is 1.92 bits per heavy atom. The summed E-state index contributed by atoms with van der Waals surface area (Å²) in [6, 6.07) is 0. The van der Waals surface area contributed by atoms with E-state index in [1.165, 1.54) is 45.6 Å². The van der Waals surface area contributed by atoms with Crippen LogP contribution in [-0.2, 0) is 0 Å². The van der Waals surface area contributed by atoms with E-state index >= 15 is 0 Å². The van der Waals surface area contributed by atoms with E-state index in [0.29, 0.717) is 0 Å². The van der Waals surface area contributed by atoms with Gasteiger partial charge in [-0.2, -0.15) is 0 Å². The average molecular weight is 184 g/mol. The Balaban J connectivity index is 2.25. The summed E-state index contributed by atoms with van der Waals surface area (Å²) in [5, 5.41) is 0. The normalized spacial score (nSPS) is 24.2. The van der Waals surface area contributed by atoms with Gasteiger partial charge in [0.1, 0.15) is 0 Å². The maximum atomic E-state index is 2.62. The molecule has 0 aliphatic carbocycles. The molecule has 0 saturated carbocycles. The maximum absolute atomic E-state index is 2.62. The van der Waals surface area contributed by atoms with Gasteiger partial charge in [-0.25, -0.2) is 0 Å². The molecule has 1 fully saturated rings. The standard InChI is InChI=1S/C11H24N2/c1-4-11(2)10-13-7-5-6-12(3)8-9-13/h11H,4-10H2,1-3H3. The Morgan fingerprint density at radius 1 is 1.15 bits per heavy atom. The van der Waals surface area contributed by atoms with Gasteiger partial charge in [-0.3, -0.25) is 0 Å². The lowest BCUT2D eigenvalue weighted by molar-refractivity contribution is 0.240.